The Morgan fingerprint density at radius 1 is 0.291 bits per heavy atom. The lowest BCUT2D eigenvalue weighted by molar-refractivity contribution is 0.669. The predicted molar refractivity (Wildman–Crippen MR) is 227 cm³/mol. The van der Waals surface area contributed by atoms with E-state index < -0.39 is 0 Å². The molecule has 4 heteroatoms. The van der Waals surface area contributed by atoms with Crippen LogP contribution in [0, 0.1) is 0 Å². The molecule has 0 N–H and O–H groups in total. The highest BCUT2D eigenvalue weighted by Gasteiger charge is 2.20. The Balaban J connectivity index is 1.06. The van der Waals surface area contributed by atoms with E-state index in [4.69, 9.17) is 19.4 Å². The second-order valence-corrected chi connectivity index (χ2v) is 13.9. The standard InChI is InChI=1S/C51H31N3O/c1-3-14-32(15-4-1)49-52-50(33-16-5-2-6-17-33)54-51(53-49)44-26-12-25-43-47-37(24-13-27-46(47)55-48(43)44)36-19-11-18-34(30-36)35-28-29-42-40-22-8-7-20-38(40)39-21-9-10-23-41(39)45(42)31-35/h1-31H. The molecule has 55 heavy (non-hydrogen) atoms. The summed E-state index contributed by atoms with van der Waals surface area (Å²) in [5, 5.41) is 9.71. The highest BCUT2D eigenvalue weighted by molar-refractivity contribution is 6.25. The Morgan fingerprint density at radius 2 is 0.764 bits per heavy atom. The molecule has 11 aromatic rings. The first-order valence-corrected chi connectivity index (χ1v) is 18.5. The molecule has 4 nitrogen and oxygen atoms in total. The number of nitrogens with zero attached hydrogens (tertiary/aromatic N) is 3. The van der Waals surface area contributed by atoms with Gasteiger partial charge in [0.25, 0.3) is 0 Å². The number of hydrogen-bond donors (Lipinski definition) is 0. The zero-order valence-electron chi connectivity index (χ0n) is 29.6. The molecule has 0 aliphatic carbocycles. The predicted octanol–water partition coefficient (Wildman–Crippen LogP) is 13.6. The minimum absolute atomic E-state index is 0.567. The van der Waals surface area contributed by atoms with Crippen molar-refractivity contribution in [2.45, 2.75) is 0 Å². The van der Waals surface area contributed by atoms with Crippen LogP contribution in [-0.4, -0.2) is 15.0 Å². The van der Waals surface area contributed by atoms with Crippen LogP contribution in [0.2, 0.25) is 0 Å². The van der Waals surface area contributed by atoms with Crippen molar-refractivity contribution in [2.24, 2.45) is 0 Å². The number of furan rings is 1. The zero-order valence-corrected chi connectivity index (χ0v) is 29.6. The Bertz CT molecular complexity index is 3170. The van der Waals surface area contributed by atoms with Gasteiger partial charge in [0.1, 0.15) is 11.2 Å². The van der Waals surface area contributed by atoms with Crippen molar-refractivity contribution in [3.8, 4) is 56.4 Å². The quantitative estimate of drug-likeness (QED) is 0.168. The molecule has 0 radical (unpaired) electrons. The molecule has 0 unspecified atom stereocenters. The molecule has 0 aliphatic heterocycles. The van der Waals surface area contributed by atoms with Crippen molar-refractivity contribution in [3.05, 3.63) is 188 Å². The highest BCUT2D eigenvalue weighted by atomic mass is 16.3. The molecule has 0 amide bonds. The summed E-state index contributed by atoms with van der Waals surface area (Å²) < 4.78 is 6.73. The minimum atomic E-state index is 0.567. The van der Waals surface area contributed by atoms with E-state index in [1.165, 1.54) is 37.9 Å². The maximum atomic E-state index is 6.73. The smallest absolute Gasteiger partial charge is 0.167 e. The van der Waals surface area contributed by atoms with Crippen LogP contribution in [0.25, 0.3) is 111 Å². The molecule has 0 bridgehead atoms. The van der Waals surface area contributed by atoms with Crippen LogP contribution in [0.1, 0.15) is 0 Å². The first kappa shape index (κ1) is 31.1. The summed E-state index contributed by atoms with van der Waals surface area (Å²) in [4.78, 5) is 14.9. The van der Waals surface area contributed by atoms with Crippen LogP contribution >= 0.6 is 0 Å². The van der Waals surface area contributed by atoms with Gasteiger partial charge in [-0.05, 0) is 78.8 Å². The van der Waals surface area contributed by atoms with Crippen molar-refractivity contribution < 1.29 is 4.42 Å². The largest absolute Gasteiger partial charge is 0.455 e. The summed E-state index contributed by atoms with van der Waals surface area (Å²) in [7, 11) is 0. The van der Waals surface area contributed by atoms with E-state index in [0.29, 0.717) is 17.5 Å². The maximum Gasteiger partial charge on any atom is 0.167 e. The summed E-state index contributed by atoms with van der Waals surface area (Å²) in [6.45, 7) is 0. The molecular formula is C51H31N3O. The average molecular weight is 702 g/mol. The fourth-order valence-electron chi connectivity index (χ4n) is 8.15. The third kappa shape index (κ3) is 5.19. The van der Waals surface area contributed by atoms with Gasteiger partial charge in [0.2, 0.25) is 0 Å². The number of benzene rings is 9. The lowest BCUT2D eigenvalue weighted by Crippen LogP contribution is -2.00. The van der Waals surface area contributed by atoms with Crippen LogP contribution in [0.5, 0.6) is 0 Å². The third-order valence-corrected chi connectivity index (χ3v) is 10.7. The molecule has 0 aliphatic rings. The van der Waals surface area contributed by atoms with E-state index in [0.717, 1.165) is 55.3 Å². The van der Waals surface area contributed by atoms with Gasteiger partial charge in [0.15, 0.2) is 17.5 Å². The molecule has 0 atom stereocenters. The zero-order chi connectivity index (χ0) is 36.3. The molecule has 256 valence electrons. The molecule has 2 aromatic heterocycles. The van der Waals surface area contributed by atoms with E-state index in [2.05, 4.69) is 115 Å². The number of rotatable bonds is 5. The average Bonchev–Trinajstić information content (AvgIpc) is 3.66. The summed E-state index contributed by atoms with van der Waals surface area (Å²) in [6, 6.07) is 65.8. The van der Waals surface area contributed by atoms with Crippen molar-refractivity contribution >= 4 is 54.3 Å². The second-order valence-electron chi connectivity index (χ2n) is 13.9. The van der Waals surface area contributed by atoms with Gasteiger partial charge in [-0.15, -0.1) is 0 Å². The topological polar surface area (TPSA) is 51.8 Å². The van der Waals surface area contributed by atoms with E-state index in [9.17, 15) is 0 Å². The highest BCUT2D eigenvalue weighted by Crippen LogP contribution is 2.42. The molecule has 9 aromatic carbocycles. The molecule has 2 heterocycles. The fourth-order valence-corrected chi connectivity index (χ4v) is 8.15. The SMILES string of the molecule is c1ccc(-c2nc(-c3ccccc3)nc(-c3cccc4c3oc3cccc(-c5cccc(-c6ccc7c8ccccc8c8ccccc8c7c6)c5)c34)n2)cc1. The number of fused-ring (bicyclic) bond motifs is 9. The Hall–Kier alpha value is -7.43. The van der Waals surface area contributed by atoms with Gasteiger partial charge in [0.05, 0.1) is 5.56 Å². The van der Waals surface area contributed by atoms with Crippen LogP contribution in [-0.2, 0) is 0 Å². The summed E-state index contributed by atoms with van der Waals surface area (Å²) >= 11 is 0. The van der Waals surface area contributed by atoms with Crippen LogP contribution < -0.4 is 0 Å². The lowest BCUT2D eigenvalue weighted by atomic mass is 9.91. The van der Waals surface area contributed by atoms with E-state index in [1.54, 1.807) is 0 Å². The Morgan fingerprint density at radius 3 is 1.44 bits per heavy atom. The van der Waals surface area contributed by atoms with Gasteiger partial charge in [-0.25, -0.2) is 15.0 Å². The van der Waals surface area contributed by atoms with Crippen molar-refractivity contribution in [1.29, 1.82) is 0 Å². The van der Waals surface area contributed by atoms with Crippen molar-refractivity contribution in [3.63, 3.8) is 0 Å². The van der Waals surface area contributed by atoms with Crippen molar-refractivity contribution in [1.82, 2.24) is 15.0 Å². The van der Waals surface area contributed by atoms with Gasteiger partial charge in [-0.1, -0.05) is 164 Å². The fraction of sp³-hybridized carbons (Fsp3) is 0. The number of aromatic nitrogens is 3. The summed E-state index contributed by atoms with van der Waals surface area (Å²) in [5.41, 5.74) is 8.81. The van der Waals surface area contributed by atoms with Gasteiger partial charge >= 0.3 is 0 Å². The molecule has 0 fully saturated rings. The minimum Gasteiger partial charge on any atom is -0.455 e. The maximum absolute atomic E-state index is 6.73. The van der Waals surface area contributed by atoms with Gasteiger partial charge in [-0.2, -0.15) is 0 Å². The third-order valence-electron chi connectivity index (χ3n) is 10.7. The van der Waals surface area contributed by atoms with Crippen LogP contribution in [0.15, 0.2) is 192 Å². The van der Waals surface area contributed by atoms with Gasteiger partial charge in [-0.3, -0.25) is 0 Å². The van der Waals surface area contributed by atoms with Crippen molar-refractivity contribution in [2.75, 3.05) is 0 Å². The van der Waals surface area contributed by atoms with E-state index >= 15 is 0 Å². The Kier molecular flexibility index (Phi) is 7.14. The Labute approximate surface area is 317 Å². The monoisotopic (exact) mass is 701 g/mol. The number of para-hydroxylation sites is 1. The van der Waals surface area contributed by atoms with Crippen LogP contribution in [0.3, 0.4) is 0 Å². The molecule has 0 saturated heterocycles. The molecular weight excluding hydrogens is 671 g/mol. The molecule has 11 rings (SSSR count). The van der Waals surface area contributed by atoms with Crippen LogP contribution in [0.4, 0.5) is 0 Å². The first-order valence-electron chi connectivity index (χ1n) is 18.5. The molecule has 0 saturated carbocycles. The molecule has 0 spiro atoms. The van der Waals surface area contributed by atoms with E-state index in [1.807, 2.05) is 72.8 Å². The van der Waals surface area contributed by atoms with E-state index in [-0.39, 0.29) is 0 Å². The summed E-state index contributed by atoms with van der Waals surface area (Å²) in [5.74, 6) is 1.80. The lowest BCUT2D eigenvalue weighted by Gasteiger charge is -2.13. The second kappa shape index (κ2) is 12.6. The first-order chi connectivity index (χ1) is 27.3. The number of hydrogen-bond acceptors (Lipinski definition) is 4. The normalized spacial score (nSPS) is 11.6. The van der Waals surface area contributed by atoms with Gasteiger partial charge in [0, 0.05) is 21.9 Å². The summed E-state index contributed by atoms with van der Waals surface area (Å²) in [6.07, 6.45) is 0. The van der Waals surface area contributed by atoms with Gasteiger partial charge < -0.3 is 4.42 Å².